The Morgan fingerprint density at radius 1 is 1.42 bits per heavy atom. The molecular weight excluding hydrogens is 153 g/mol. The SMILES string of the molecule is N#Cc1cccc(C2CC2)c1F. The highest BCUT2D eigenvalue weighted by molar-refractivity contribution is 5.37. The lowest BCUT2D eigenvalue weighted by Gasteiger charge is -2.00. The van der Waals surface area contributed by atoms with Crippen molar-refractivity contribution in [3.05, 3.63) is 35.1 Å². The third-order valence-electron chi connectivity index (χ3n) is 2.17. The van der Waals surface area contributed by atoms with Gasteiger partial charge in [0.25, 0.3) is 0 Å². The van der Waals surface area contributed by atoms with Crippen LogP contribution in [0.1, 0.15) is 29.9 Å². The first-order valence-corrected chi connectivity index (χ1v) is 4.01. The second kappa shape index (κ2) is 2.60. The minimum Gasteiger partial charge on any atom is -0.205 e. The molecule has 0 aliphatic heterocycles. The Balaban J connectivity index is 2.49. The van der Waals surface area contributed by atoms with E-state index in [2.05, 4.69) is 0 Å². The molecule has 1 aliphatic rings. The first kappa shape index (κ1) is 7.30. The van der Waals surface area contributed by atoms with Crippen molar-refractivity contribution in [3.8, 4) is 6.07 Å². The molecule has 0 atom stereocenters. The van der Waals surface area contributed by atoms with Crippen molar-refractivity contribution >= 4 is 0 Å². The largest absolute Gasteiger partial charge is 0.205 e. The summed E-state index contributed by atoms with van der Waals surface area (Å²) in [7, 11) is 0. The van der Waals surface area contributed by atoms with Crippen molar-refractivity contribution in [1.82, 2.24) is 0 Å². The normalized spacial score (nSPS) is 15.7. The zero-order chi connectivity index (χ0) is 8.55. The molecular formula is C10H8FN. The average molecular weight is 161 g/mol. The minimum atomic E-state index is -0.317. The number of benzene rings is 1. The van der Waals surface area contributed by atoms with Gasteiger partial charge in [0.15, 0.2) is 0 Å². The van der Waals surface area contributed by atoms with Crippen LogP contribution < -0.4 is 0 Å². The summed E-state index contributed by atoms with van der Waals surface area (Å²) in [4.78, 5) is 0. The van der Waals surface area contributed by atoms with E-state index in [0.29, 0.717) is 11.5 Å². The lowest BCUT2D eigenvalue weighted by Crippen LogP contribution is -1.90. The number of halogens is 1. The van der Waals surface area contributed by atoms with Crippen LogP contribution in [0.2, 0.25) is 0 Å². The van der Waals surface area contributed by atoms with Crippen LogP contribution in [0.15, 0.2) is 18.2 Å². The van der Waals surface area contributed by atoms with Crippen LogP contribution in [-0.2, 0) is 0 Å². The summed E-state index contributed by atoms with van der Waals surface area (Å²) in [6.07, 6.45) is 2.12. The average Bonchev–Trinajstić information content (AvgIpc) is 2.88. The van der Waals surface area contributed by atoms with Crippen molar-refractivity contribution in [2.75, 3.05) is 0 Å². The van der Waals surface area contributed by atoms with Gasteiger partial charge in [-0.15, -0.1) is 0 Å². The van der Waals surface area contributed by atoms with Crippen LogP contribution >= 0.6 is 0 Å². The van der Waals surface area contributed by atoms with Crippen molar-refractivity contribution in [3.63, 3.8) is 0 Å². The Morgan fingerprint density at radius 3 is 2.75 bits per heavy atom. The minimum absolute atomic E-state index is 0.166. The van der Waals surface area contributed by atoms with Gasteiger partial charge in [-0.25, -0.2) is 4.39 Å². The number of hydrogen-bond acceptors (Lipinski definition) is 1. The van der Waals surface area contributed by atoms with Crippen LogP contribution in [0.4, 0.5) is 4.39 Å². The van der Waals surface area contributed by atoms with Crippen LogP contribution in [-0.4, -0.2) is 0 Å². The fourth-order valence-electron chi connectivity index (χ4n) is 1.35. The van der Waals surface area contributed by atoms with E-state index in [1.54, 1.807) is 12.1 Å². The van der Waals surface area contributed by atoms with Crippen molar-refractivity contribution in [2.45, 2.75) is 18.8 Å². The molecule has 0 aromatic heterocycles. The lowest BCUT2D eigenvalue weighted by molar-refractivity contribution is 0.607. The van der Waals surface area contributed by atoms with Gasteiger partial charge in [-0.3, -0.25) is 0 Å². The molecule has 1 nitrogen and oxygen atoms in total. The van der Waals surface area contributed by atoms with Gasteiger partial charge in [0, 0.05) is 0 Å². The highest BCUT2D eigenvalue weighted by Crippen LogP contribution is 2.41. The number of rotatable bonds is 1. The lowest BCUT2D eigenvalue weighted by atomic mass is 10.1. The van der Waals surface area contributed by atoms with E-state index in [9.17, 15) is 4.39 Å². The third-order valence-corrected chi connectivity index (χ3v) is 2.17. The Bertz CT molecular complexity index is 347. The first-order valence-electron chi connectivity index (χ1n) is 4.01. The number of hydrogen-bond donors (Lipinski definition) is 0. The molecule has 0 heterocycles. The second-order valence-corrected chi connectivity index (χ2v) is 3.09. The smallest absolute Gasteiger partial charge is 0.144 e. The second-order valence-electron chi connectivity index (χ2n) is 3.09. The van der Waals surface area contributed by atoms with Gasteiger partial charge in [-0.1, -0.05) is 12.1 Å². The highest BCUT2D eigenvalue weighted by Gasteiger charge is 2.27. The molecule has 1 aromatic carbocycles. The molecule has 1 fully saturated rings. The first-order chi connectivity index (χ1) is 5.83. The fraction of sp³-hybridized carbons (Fsp3) is 0.300. The quantitative estimate of drug-likeness (QED) is 0.621. The zero-order valence-corrected chi connectivity index (χ0v) is 6.55. The molecule has 0 unspecified atom stereocenters. The molecule has 1 aromatic rings. The predicted octanol–water partition coefficient (Wildman–Crippen LogP) is 2.57. The predicted molar refractivity (Wildman–Crippen MR) is 43.1 cm³/mol. The van der Waals surface area contributed by atoms with Crippen molar-refractivity contribution < 1.29 is 4.39 Å². The Kier molecular flexibility index (Phi) is 1.58. The highest BCUT2D eigenvalue weighted by atomic mass is 19.1. The molecule has 1 aliphatic carbocycles. The summed E-state index contributed by atoms with van der Waals surface area (Å²) in [6.45, 7) is 0. The molecule has 0 amide bonds. The van der Waals surface area contributed by atoms with Crippen molar-refractivity contribution in [2.24, 2.45) is 0 Å². The molecule has 12 heavy (non-hydrogen) atoms. The van der Waals surface area contributed by atoms with Gasteiger partial charge in [0.2, 0.25) is 0 Å². The molecule has 1 saturated carbocycles. The molecule has 0 radical (unpaired) electrons. The Morgan fingerprint density at radius 2 is 2.17 bits per heavy atom. The van der Waals surface area contributed by atoms with Crippen molar-refractivity contribution in [1.29, 1.82) is 5.26 Å². The summed E-state index contributed by atoms with van der Waals surface area (Å²) >= 11 is 0. The third kappa shape index (κ3) is 1.08. The molecule has 60 valence electrons. The van der Waals surface area contributed by atoms with E-state index in [0.717, 1.165) is 12.8 Å². The fourth-order valence-corrected chi connectivity index (χ4v) is 1.35. The summed E-state index contributed by atoms with van der Waals surface area (Å²) in [6, 6.07) is 6.88. The summed E-state index contributed by atoms with van der Waals surface area (Å²) in [5.41, 5.74) is 0.883. The molecule has 2 rings (SSSR count). The molecule has 0 N–H and O–H groups in total. The van der Waals surface area contributed by atoms with E-state index < -0.39 is 0 Å². The molecule has 0 spiro atoms. The summed E-state index contributed by atoms with van der Waals surface area (Å²) in [5, 5.41) is 8.56. The van der Waals surface area contributed by atoms with Crippen LogP contribution in [0.5, 0.6) is 0 Å². The van der Waals surface area contributed by atoms with Crippen LogP contribution in [0.25, 0.3) is 0 Å². The number of nitriles is 1. The molecule has 0 saturated heterocycles. The molecule has 0 bridgehead atoms. The summed E-state index contributed by atoms with van der Waals surface area (Å²) < 4.78 is 13.3. The zero-order valence-electron chi connectivity index (χ0n) is 6.55. The van der Waals surface area contributed by atoms with Gasteiger partial charge in [0.1, 0.15) is 11.9 Å². The maximum atomic E-state index is 13.3. The standard InChI is InChI=1S/C10H8FN/c11-10-8(6-12)2-1-3-9(10)7-4-5-7/h1-3,7H,4-5H2. The molecule has 2 heteroatoms. The Hall–Kier alpha value is -1.36. The van der Waals surface area contributed by atoms with E-state index >= 15 is 0 Å². The van der Waals surface area contributed by atoms with Crippen LogP contribution in [0.3, 0.4) is 0 Å². The van der Waals surface area contributed by atoms with E-state index in [1.807, 2.05) is 6.07 Å². The van der Waals surface area contributed by atoms with Gasteiger partial charge < -0.3 is 0 Å². The van der Waals surface area contributed by atoms with E-state index in [-0.39, 0.29) is 11.4 Å². The maximum absolute atomic E-state index is 13.3. The topological polar surface area (TPSA) is 23.8 Å². The van der Waals surface area contributed by atoms with Gasteiger partial charge in [0.05, 0.1) is 5.56 Å². The maximum Gasteiger partial charge on any atom is 0.144 e. The monoisotopic (exact) mass is 161 g/mol. The van der Waals surface area contributed by atoms with Gasteiger partial charge in [-0.05, 0) is 30.4 Å². The van der Waals surface area contributed by atoms with Gasteiger partial charge >= 0.3 is 0 Å². The van der Waals surface area contributed by atoms with Crippen LogP contribution in [0, 0.1) is 17.1 Å². The van der Waals surface area contributed by atoms with Gasteiger partial charge in [-0.2, -0.15) is 5.26 Å². The summed E-state index contributed by atoms with van der Waals surface area (Å²) in [5.74, 6) is 0.0563. The number of nitrogens with zero attached hydrogens (tertiary/aromatic N) is 1. The van der Waals surface area contributed by atoms with E-state index in [4.69, 9.17) is 5.26 Å². The van der Waals surface area contributed by atoms with E-state index in [1.165, 1.54) is 6.07 Å². The Labute approximate surface area is 70.4 Å².